The van der Waals surface area contributed by atoms with Crippen molar-refractivity contribution >= 4 is 11.9 Å². The average molecular weight is 1160 g/mol. The van der Waals surface area contributed by atoms with Crippen LogP contribution in [0.1, 0.15) is 113 Å². The Balaban J connectivity index is 1.05. The molecule has 25 nitrogen and oxygen atoms in total. The Hall–Kier alpha value is -2.16. The van der Waals surface area contributed by atoms with Crippen LogP contribution in [0, 0.1) is 50.2 Å². The third-order valence-electron chi connectivity index (χ3n) is 21.8. The van der Waals surface area contributed by atoms with Gasteiger partial charge in [-0.25, -0.2) is 0 Å². The number of ether oxygens (including phenoxy) is 9. The van der Waals surface area contributed by atoms with Crippen LogP contribution in [-0.2, 0) is 52.2 Å². The third-order valence-corrected chi connectivity index (χ3v) is 21.8. The van der Waals surface area contributed by atoms with E-state index in [4.69, 9.17) is 42.6 Å². The van der Waals surface area contributed by atoms with Gasteiger partial charge in [-0.3, -0.25) is 9.59 Å². The van der Waals surface area contributed by atoms with Crippen LogP contribution in [0.15, 0.2) is 11.6 Å². The highest BCUT2D eigenvalue weighted by molar-refractivity contribution is 5.79. The molecule has 0 bridgehead atoms. The topological polar surface area (TPSA) is 400 Å². The molecular formula is C56H90O25. The van der Waals surface area contributed by atoms with Gasteiger partial charge >= 0.3 is 11.9 Å². The number of aliphatic hydroxyl groups excluding tert-OH is 14. The second-order valence-electron chi connectivity index (χ2n) is 26.9. The Morgan fingerprint density at radius 1 is 0.593 bits per heavy atom. The maximum absolute atomic E-state index is 15.8. The summed E-state index contributed by atoms with van der Waals surface area (Å²) in [5, 5.41) is 153. The summed E-state index contributed by atoms with van der Waals surface area (Å²) >= 11 is 0. The monoisotopic (exact) mass is 1160 g/mol. The maximum atomic E-state index is 15.8. The van der Waals surface area contributed by atoms with E-state index in [-0.39, 0.29) is 23.7 Å². The van der Waals surface area contributed by atoms with Crippen molar-refractivity contribution in [1.82, 2.24) is 0 Å². The largest absolute Gasteiger partial charge is 0.463 e. The van der Waals surface area contributed by atoms with Crippen LogP contribution in [0.5, 0.6) is 0 Å². The molecule has 5 aliphatic carbocycles. The van der Waals surface area contributed by atoms with Gasteiger partial charge in [0.2, 0.25) is 6.29 Å². The average Bonchev–Trinajstić information content (AvgIpc) is 3.46. The van der Waals surface area contributed by atoms with E-state index in [9.17, 15) is 76.3 Å². The van der Waals surface area contributed by atoms with Gasteiger partial charge in [-0.05, 0) is 104 Å². The van der Waals surface area contributed by atoms with Gasteiger partial charge in [0.15, 0.2) is 25.0 Å². The molecule has 0 aromatic heterocycles. The quantitative estimate of drug-likeness (QED) is 0.0515. The molecule has 4 aliphatic heterocycles. The van der Waals surface area contributed by atoms with Crippen molar-refractivity contribution in [1.29, 1.82) is 0 Å². The van der Waals surface area contributed by atoms with Crippen LogP contribution in [-0.4, -0.2) is 245 Å². The molecule has 464 valence electrons. The van der Waals surface area contributed by atoms with Crippen molar-refractivity contribution in [3.8, 4) is 0 Å². The number of hydrogen-bond acceptors (Lipinski definition) is 25. The standard InChI is InChI=1S/C56H90O25/c1-23-33(62)37(66)40(69)46(74-23)79-44-43(78-47-41(70)38(67)34(63)28(19-57)75-47)36(65)30(21-73-24(2)60)77-49(44)81-50(72)56-15-13-51(3,4)17-26(56)25-9-10-32-52(5)18-27(61)45(80-48-42(71)39(68)35(64)29(20-58)76-48)53(6,22-59)31(52)11-12-55(32,8)54(25,7)14-16-56/h9,23,26-49,57-59,61-71H,10-22H2,1-8H3/t23-,26-,27-,28+,29+,30+,31+,32+,33-,34-,35+,36+,37+,38-,39-,40+,41+,42+,43-,44+,45-,46-,47-,48-,49-,52+,53-,54+,55+,56-/m0/s1. The van der Waals surface area contributed by atoms with Crippen molar-refractivity contribution < 1.29 is 124 Å². The van der Waals surface area contributed by atoms with E-state index in [0.29, 0.717) is 51.4 Å². The lowest BCUT2D eigenvalue weighted by atomic mass is 9.33. The predicted octanol–water partition coefficient (Wildman–Crippen LogP) is -2.49. The second-order valence-corrected chi connectivity index (χ2v) is 26.9. The van der Waals surface area contributed by atoms with Gasteiger partial charge in [0.25, 0.3) is 0 Å². The molecule has 0 aromatic rings. The van der Waals surface area contributed by atoms with E-state index < -0.39 is 206 Å². The molecule has 0 radical (unpaired) electrons. The van der Waals surface area contributed by atoms with E-state index in [0.717, 1.165) is 12.5 Å². The van der Waals surface area contributed by atoms with Gasteiger partial charge in [0, 0.05) is 12.3 Å². The fourth-order valence-corrected chi connectivity index (χ4v) is 16.8. The van der Waals surface area contributed by atoms with Crippen molar-refractivity contribution in [2.75, 3.05) is 26.4 Å². The number of allylic oxidation sites excluding steroid dienone is 2. The van der Waals surface area contributed by atoms with Crippen molar-refractivity contribution in [3.63, 3.8) is 0 Å². The highest BCUT2D eigenvalue weighted by Crippen LogP contribution is 2.76. The minimum absolute atomic E-state index is 0.0725. The van der Waals surface area contributed by atoms with E-state index in [1.807, 2.05) is 6.92 Å². The second kappa shape index (κ2) is 23.2. The summed E-state index contributed by atoms with van der Waals surface area (Å²) in [6, 6.07) is 0. The lowest BCUT2D eigenvalue weighted by Crippen LogP contribution is -2.69. The smallest absolute Gasteiger partial charge is 0.315 e. The van der Waals surface area contributed by atoms with Gasteiger partial charge in [-0.15, -0.1) is 0 Å². The molecule has 8 fully saturated rings. The molecule has 14 N–H and O–H groups in total. The third kappa shape index (κ3) is 10.6. The van der Waals surface area contributed by atoms with Crippen molar-refractivity contribution in [2.24, 2.45) is 50.2 Å². The maximum Gasteiger partial charge on any atom is 0.315 e. The number of rotatable bonds is 13. The molecule has 9 aliphatic rings. The molecule has 0 aromatic carbocycles. The first-order valence-electron chi connectivity index (χ1n) is 28.8. The highest BCUT2D eigenvalue weighted by Gasteiger charge is 2.72. The van der Waals surface area contributed by atoms with Crippen LogP contribution in [0.3, 0.4) is 0 Å². The summed E-state index contributed by atoms with van der Waals surface area (Å²) in [7, 11) is 0. The summed E-state index contributed by atoms with van der Waals surface area (Å²) in [6.07, 6.45) is -30.0. The normalized spacial score (nSPS) is 53.4. The van der Waals surface area contributed by atoms with Crippen LogP contribution in [0.4, 0.5) is 0 Å². The lowest BCUT2D eigenvalue weighted by Gasteiger charge is -2.72. The summed E-state index contributed by atoms with van der Waals surface area (Å²) in [4.78, 5) is 28.1. The van der Waals surface area contributed by atoms with Gasteiger partial charge in [0.05, 0.1) is 43.5 Å². The first kappa shape index (κ1) is 63.3. The molecule has 9 rings (SSSR count). The van der Waals surface area contributed by atoms with E-state index in [2.05, 4.69) is 40.7 Å². The zero-order valence-corrected chi connectivity index (χ0v) is 47.5. The van der Waals surface area contributed by atoms with E-state index in [1.165, 1.54) is 6.92 Å². The minimum atomic E-state index is -2.01. The fraction of sp³-hybridized carbons (Fsp3) is 0.929. The highest BCUT2D eigenvalue weighted by atomic mass is 16.8. The summed E-state index contributed by atoms with van der Waals surface area (Å²) in [6.45, 7) is 12.8. The SMILES string of the molecule is CC(=O)OC[C@H]1O[C@@H](OC(=O)[C@]23CCC(C)(C)C[C@H]2C2=CC[C@@H]4[C@]5(C)C[C@H](O)[C@H](O[C@@H]6O[C@H](CO)[C@@H](O)[C@H](O)[C@H]6O)[C@@](C)(CO)[C@@H]5CC[C@@]4(C)[C@]2(C)CC3)[C@H](O[C@@H]2O[C@@H](C)[C@H](O)[C@@H](O)[C@H]2O)[C@@H](O[C@@H]2O[C@H](CO)[C@H](O)[C@H](O)[C@H]2O)[C@@H]1O. The van der Waals surface area contributed by atoms with Crippen LogP contribution in [0.25, 0.3) is 0 Å². The van der Waals surface area contributed by atoms with Gasteiger partial charge < -0.3 is 114 Å². The first-order chi connectivity index (χ1) is 37.9. The predicted molar refractivity (Wildman–Crippen MR) is 274 cm³/mol. The number of hydrogen-bond donors (Lipinski definition) is 14. The van der Waals surface area contributed by atoms with E-state index in [1.54, 1.807) is 0 Å². The van der Waals surface area contributed by atoms with Crippen LogP contribution >= 0.6 is 0 Å². The molecule has 4 saturated carbocycles. The number of carbonyl (C=O) groups is 2. The lowest BCUT2D eigenvalue weighted by molar-refractivity contribution is -0.387. The van der Waals surface area contributed by atoms with E-state index >= 15 is 4.79 Å². The number of fused-ring (bicyclic) bond motifs is 7. The molecule has 30 atom stereocenters. The Bertz CT molecular complexity index is 2270. The molecule has 0 spiro atoms. The Kier molecular flexibility index (Phi) is 18.1. The Labute approximate surface area is 471 Å². The van der Waals surface area contributed by atoms with Crippen molar-refractivity contribution in [2.45, 2.75) is 248 Å². The molecule has 4 heterocycles. The first-order valence-corrected chi connectivity index (χ1v) is 28.8. The Morgan fingerprint density at radius 3 is 1.72 bits per heavy atom. The minimum Gasteiger partial charge on any atom is -0.463 e. The number of carbonyl (C=O) groups excluding carboxylic acids is 2. The summed E-state index contributed by atoms with van der Waals surface area (Å²) < 4.78 is 54.3. The number of esters is 2. The van der Waals surface area contributed by atoms with Gasteiger partial charge in [-0.2, -0.15) is 0 Å². The van der Waals surface area contributed by atoms with Gasteiger partial charge in [0.1, 0.15) is 92.1 Å². The zero-order chi connectivity index (χ0) is 59.4. The molecule has 0 unspecified atom stereocenters. The van der Waals surface area contributed by atoms with Gasteiger partial charge in [-0.1, -0.05) is 53.2 Å². The molecule has 81 heavy (non-hydrogen) atoms. The summed E-state index contributed by atoms with van der Waals surface area (Å²) in [5.41, 5.74) is -3.11. The number of aliphatic hydroxyl groups is 14. The van der Waals surface area contributed by atoms with Crippen LogP contribution in [0.2, 0.25) is 0 Å². The van der Waals surface area contributed by atoms with Crippen LogP contribution < -0.4 is 0 Å². The zero-order valence-electron chi connectivity index (χ0n) is 47.5. The molecule has 4 saturated heterocycles. The molecule has 0 amide bonds. The molecular weight excluding hydrogens is 1070 g/mol. The fourth-order valence-electron chi connectivity index (χ4n) is 16.8. The Morgan fingerprint density at radius 2 is 1.14 bits per heavy atom. The van der Waals surface area contributed by atoms with Crippen molar-refractivity contribution in [3.05, 3.63) is 11.6 Å². The molecule has 25 heteroatoms. The summed E-state index contributed by atoms with van der Waals surface area (Å²) in [5.74, 6) is -2.21.